The van der Waals surface area contributed by atoms with Crippen molar-refractivity contribution in [2.45, 2.75) is 32.3 Å². The Kier molecular flexibility index (Phi) is 3.03. The van der Waals surface area contributed by atoms with E-state index in [4.69, 9.17) is 4.74 Å². The number of aliphatic hydroxyl groups excluding tert-OH is 1. The Morgan fingerprint density at radius 1 is 1.53 bits per heavy atom. The zero-order valence-electron chi connectivity index (χ0n) is 9.01. The van der Waals surface area contributed by atoms with Crippen LogP contribution in [0.5, 0.6) is 5.75 Å². The molecule has 0 radical (unpaired) electrons. The van der Waals surface area contributed by atoms with E-state index in [9.17, 15) is 5.11 Å². The number of hydrogen-bond donors (Lipinski definition) is 1. The standard InChI is InChI=1S/C12H15BrO2/c1-7-6-10(15-2)8-4-3-5-9(14)11(8)12(7)13/h6,9,14H,3-5H2,1-2H3/t9-/m0/s1. The van der Waals surface area contributed by atoms with Crippen LogP contribution in [0.4, 0.5) is 0 Å². The highest BCUT2D eigenvalue weighted by Crippen LogP contribution is 2.41. The minimum Gasteiger partial charge on any atom is -0.496 e. The lowest BCUT2D eigenvalue weighted by atomic mass is 9.87. The summed E-state index contributed by atoms with van der Waals surface area (Å²) in [4.78, 5) is 0. The Labute approximate surface area is 98.4 Å². The van der Waals surface area contributed by atoms with Gasteiger partial charge in [-0.3, -0.25) is 0 Å². The van der Waals surface area contributed by atoms with Crippen LogP contribution in [0.25, 0.3) is 0 Å². The summed E-state index contributed by atoms with van der Waals surface area (Å²) in [5, 5.41) is 10.0. The number of hydrogen-bond acceptors (Lipinski definition) is 2. The zero-order valence-corrected chi connectivity index (χ0v) is 10.6. The molecule has 1 aromatic rings. The lowest BCUT2D eigenvalue weighted by Crippen LogP contribution is -2.12. The third-order valence-corrected chi connectivity index (χ3v) is 4.06. The molecule has 0 amide bonds. The molecule has 2 rings (SSSR count). The third kappa shape index (κ3) is 1.79. The van der Waals surface area contributed by atoms with E-state index in [0.717, 1.165) is 46.2 Å². The molecular formula is C12H15BrO2. The molecule has 1 atom stereocenters. The number of rotatable bonds is 1. The molecular weight excluding hydrogens is 256 g/mol. The summed E-state index contributed by atoms with van der Waals surface area (Å²) in [6, 6.07) is 2.03. The van der Waals surface area contributed by atoms with Crippen LogP contribution < -0.4 is 4.74 Å². The molecule has 0 aliphatic heterocycles. The lowest BCUT2D eigenvalue weighted by Gasteiger charge is -2.25. The second kappa shape index (κ2) is 4.14. The van der Waals surface area contributed by atoms with Crippen molar-refractivity contribution in [3.63, 3.8) is 0 Å². The summed E-state index contributed by atoms with van der Waals surface area (Å²) in [5.41, 5.74) is 3.30. The maximum Gasteiger partial charge on any atom is 0.122 e. The Hall–Kier alpha value is -0.540. The summed E-state index contributed by atoms with van der Waals surface area (Å²) in [6.45, 7) is 2.02. The van der Waals surface area contributed by atoms with Gasteiger partial charge in [0.25, 0.3) is 0 Å². The van der Waals surface area contributed by atoms with Crippen LogP contribution in [0.15, 0.2) is 10.5 Å². The van der Waals surface area contributed by atoms with Gasteiger partial charge in [-0.05, 0) is 37.8 Å². The van der Waals surface area contributed by atoms with Crippen molar-refractivity contribution in [2.24, 2.45) is 0 Å². The van der Waals surface area contributed by atoms with E-state index in [1.54, 1.807) is 7.11 Å². The van der Waals surface area contributed by atoms with Gasteiger partial charge in [-0.25, -0.2) is 0 Å². The van der Waals surface area contributed by atoms with E-state index < -0.39 is 0 Å². The predicted octanol–water partition coefficient (Wildman–Crippen LogP) is 3.14. The van der Waals surface area contributed by atoms with Gasteiger partial charge in [-0.1, -0.05) is 15.9 Å². The highest BCUT2D eigenvalue weighted by Gasteiger charge is 2.24. The minimum atomic E-state index is -0.350. The van der Waals surface area contributed by atoms with Crippen molar-refractivity contribution in [1.29, 1.82) is 0 Å². The van der Waals surface area contributed by atoms with Crippen molar-refractivity contribution < 1.29 is 9.84 Å². The molecule has 0 saturated carbocycles. The number of fused-ring (bicyclic) bond motifs is 1. The average molecular weight is 271 g/mol. The number of benzene rings is 1. The van der Waals surface area contributed by atoms with Gasteiger partial charge in [0.15, 0.2) is 0 Å². The summed E-state index contributed by atoms with van der Waals surface area (Å²) < 4.78 is 6.40. The highest BCUT2D eigenvalue weighted by molar-refractivity contribution is 9.10. The molecule has 1 aliphatic rings. The van der Waals surface area contributed by atoms with Gasteiger partial charge in [-0.15, -0.1) is 0 Å². The molecule has 0 unspecified atom stereocenters. The number of halogens is 1. The molecule has 1 aliphatic carbocycles. The van der Waals surface area contributed by atoms with E-state index in [-0.39, 0.29) is 6.10 Å². The minimum absolute atomic E-state index is 0.350. The molecule has 2 nitrogen and oxygen atoms in total. The summed E-state index contributed by atoms with van der Waals surface area (Å²) >= 11 is 3.55. The van der Waals surface area contributed by atoms with Crippen molar-refractivity contribution in [3.8, 4) is 5.75 Å². The van der Waals surface area contributed by atoms with Crippen LogP contribution in [0.1, 0.15) is 35.6 Å². The summed E-state index contributed by atoms with van der Waals surface area (Å²) in [7, 11) is 1.68. The fourth-order valence-corrected chi connectivity index (χ4v) is 2.85. The van der Waals surface area contributed by atoms with Crippen molar-refractivity contribution in [1.82, 2.24) is 0 Å². The third-order valence-electron chi connectivity index (χ3n) is 3.01. The van der Waals surface area contributed by atoms with Crippen LogP contribution in [-0.4, -0.2) is 12.2 Å². The molecule has 0 bridgehead atoms. The summed E-state index contributed by atoms with van der Waals surface area (Å²) in [6.07, 6.45) is 2.52. The van der Waals surface area contributed by atoms with Crippen molar-refractivity contribution in [3.05, 3.63) is 27.2 Å². The average Bonchev–Trinajstić information content (AvgIpc) is 2.23. The monoisotopic (exact) mass is 270 g/mol. The van der Waals surface area contributed by atoms with Crippen molar-refractivity contribution >= 4 is 15.9 Å². The SMILES string of the molecule is COc1cc(C)c(Br)c2c1CCC[C@@H]2O. The second-order valence-electron chi connectivity index (χ2n) is 4.01. The largest absolute Gasteiger partial charge is 0.496 e. The molecule has 0 heterocycles. The maximum absolute atomic E-state index is 10.0. The van der Waals surface area contributed by atoms with Gasteiger partial charge >= 0.3 is 0 Å². The van der Waals surface area contributed by atoms with Crippen LogP contribution in [-0.2, 0) is 6.42 Å². The quantitative estimate of drug-likeness (QED) is 0.850. The van der Waals surface area contributed by atoms with E-state index in [1.807, 2.05) is 13.0 Å². The van der Waals surface area contributed by atoms with Crippen LogP contribution in [0, 0.1) is 6.92 Å². The fourth-order valence-electron chi connectivity index (χ4n) is 2.23. The molecule has 1 aromatic carbocycles. The Morgan fingerprint density at radius 2 is 2.27 bits per heavy atom. The number of ether oxygens (including phenoxy) is 1. The van der Waals surface area contributed by atoms with Gasteiger partial charge in [0.2, 0.25) is 0 Å². The molecule has 0 spiro atoms. The number of methoxy groups -OCH3 is 1. The van der Waals surface area contributed by atoms with Gasteiger partial charge in [0.1, 0.15) is 5.75 Å². The van der Waals surface area contributed by atoms with E-state index in [0.29, 0.717) is 0 Å². The Morgan fingerprint density at radius 3 is 2.93 bits per heavy atom. The maximum atomic E-state index is 10.0. The van der Waals surface area contributed by atoms with Gasteiger partial charge in [0.05, 0.1) is 13.2 Å². The van der Waals surface area contributed by atoms with Gasteiger partial charge in [-0.2, -0.15) is 0 Å². The normalized spacial score (nSPS) is 19.9. The van der Waals surface area contributed by atoms with Crippen molar-refractivity contribution in [2.75, 3.05) is 7.11 Å². The molecule has 15 heavy (non-hydrogen) atoms. The number of aliphatic hydroxyl groups is 1. The van der Waals surface area contributed by atoms with E-state index in [2.05, 4.69) is 15.9 Å². The first-order chi connectivity index (χ1) is 7.15. The van der Waals surface area contributed by atoms with Crippen LogP contribution in [0.3, 0.4) is 0 Å². The molecule has 3 heteroatoms. The Bertz CT molecular complexity index is 388. The van der Waals surface area contributed by atoms with E-state index in [1.165, 1.54) is 0 Å². The zero-order chi connectivity index (χ0) is 11.0. The number of aryl methyl sites for hydroxylation is 1. The van der Waals surface area contributed by atoms with Crippen LogP contribution >= 0.6 is 15.9 Å². The molecule has 82 valence electrons. The Balaban J connectivity index is 2.65. The molecule has 1 N–H and O–H groups in total. The highest BCUT2D eigenvalue weighted by atomic mass is 79.9. The molecule has 0 saturated heterocycles. The first-order valence-corrected chi connectivity index (χ1v) is 5.98. The smallest absolute Gasteiger partial charge is 0.122 e. The first kappa shape index (κ1) is 11.0. The van der Waals surface area contributed by atoms with Crippen LogP contribution in [0.2, 0.25) is 0 Å². The first-order valence-electron chi connectivity index (χ1n) is 5.19. The second-order valence-corrected chi connectivity index (χ2v) is 4.80. The topological polar surface area (TPSA) is 29.5 Å². The lowest BCUT2D eigenvalue weighted by molar-refractivity contribution is 0.154. The molecule has 0 fully saturated rings. The van der Waals surface area contributed by atoms with E-state index >= 15 is 0 Å². The predicted molar refractivity (Wildman–Crippen MR) is 63.3 cm³/mol. The molecule has 0 aromatic heterocycles. The fraction of sp³-hybridized carbons (Fsp3) is 0.500. The van der Waals surface area contributed by atoms with Gasteiger partial charge in [0, 0.05) is 15.6 Å². The summed E-state index contributed by atoms with van der Waals surface area (Å²) in [5.74, 6) is 0.907. The van der Waals surface area contributed by atoms with Gasteiger partial charge < -0.3 is 9.84 Å².